The molecule has 27 heavy (non-hydrogen) atoms. The van der Waals surface area contributed by atoms with E-state index in [1.165, 1.54) is 19.2 Å². The van der Waals surface area contributed by atoms with E-state index in [0.717, 1.165) is 22.6 Å². The van der Waals surface area contributed by atoms with Crippen molar-refractivity contribution >= 4 is 26.9 Å². The molecule has 0 aliphatic carbocycles. The standard InChI is InChI=1S/C18H23N5O3S/c1-11-12(2)21-18(19)16-17(11)23(13(3)22-16)10-9-20-27(24,25)15-7-5-14(26-4)6-8-15/h5-8,20H,9-10H2,1-4H3,(H2,19,21). The number of rotatable bonds is 6. The van der Waals surface area contributed by atoms with E-state index < -0.39 is 10.0 Å². The van der Waals surface area contributed by atoms with Gasteiger partial charge in [0.05, 0.1) is 17.5 Å². The Kier molecular flexibility index (Phi) is 5.07. The maximum atomic E-state index is 12.5. The van der Waals surface area contributed by atoms with Crippen LogP contribution < -0.4 is 15.2 Å². The van der Waals surface area contributed by atoms with Gasteiger partial charge in [0, 0.05) is 18.8 Å². The lowest BCUT2D eigenvalue weighted by molar-refractivity contribution is 0.414. The number of pyridine rings is 1. The molecule has 0 atom stereocenters. The maximum absolute atomic E-state index is 12.5. The number of anilines is 1. The Morgan fingerprint density at radius 1 is 1.15 bits per heavy atom. The van der Waals surface area contributed by atoms with Crippen LogP contribution in [0.1, 0.15) is 17.1 Å². The van der Waals surface area contributed by atoms with Crippen LogP contribution in [0.2, 0.25) is 0 Å². The zero-order chi connectivity index (χ0) is 19.8. The first-order valence-corrected chi connectivity index (χ1v) is 9.96. The van der Waals surface area contributed by atoms with Crippen LogP contribution in [-0.2, 0) is 16.6 Å². The lowest BCUT2D eigenvalue weighted by atomic mass is 10.2. The lowest BCUT2D eigenvalue weighted by Gasteiger charge is -2.12. The van der Waals surface area contributed by atoms with Gasteiger partial charge in [0.25, 0.3) is 0 Å². The van der Waals surface area contributed by atoms with E-state index in [1.54, 1.807) is 12.1 Å². The second-order valence-electron chi connectivity index (χ2n) is 6.29. The molecule has 0 unspecified atom stereocenters. The van der Waals surface area contributed by atoms with Gasteiger partial charge in [0.1, 0.15) is 17.1 Å². The molecule has 0 radical (unpaired) electrons. The maximum Gasteiger partial charge on any atom is 0.240 e. The van der Waals surface area contributed by atoms with Crippen molar-refractivity contribution in [3.05, 3.63) is 41.3 Å². The molecular formula is C18H23N5O3S. The first kappa shape index (κ1) is 19.1. The zero-order valence-electron chi connectivity index (χ0n) is 15.8. The Balaban J connectivity index is 1.82. The molecule has 2 heterocycles. The highest BCUT2D eigenvalue weighted by Crippen LogP contribution is 2.25. The van der Waals surface area contributed by atoms with Gasteiger partial charge in [-0.2, -0.15) is 0 Å². The summed E-state index contributed by atoms with van der Waals surface area (Å²) in [6, 6.07) is 6.26. The number of methoxy groups -OCH3 is 1. The zero-order valence-corrected chi connectivity index (χ0v) is 16.6. The number of nitrogens with two attached hydrogens (primary N) is 1. The fourth-order valence-corrected chi connectivity index (χ4v) is 4.04. The van der Waals surface area contributed by atoms with Crippen LogP contribution >= 0.6 is 0 Å². The van der Waals surface area contributed by atoms with Crippen molar-refractivity contribution in [3.63, 3.8) is 0 Å². The van der Waals surface area contributed by atoms with E-state index >= 15 is 0 Å². The summed E-state index contributed by atoms with van der Waals surface area (Å²) >= 11 is 0. The van der Waals surface area contributed by atoms with Crippen molar-refractivity contribution in [3.8, 4) is 5.75 Å². The third-order valence-electron chi connectivity index (χ3n) is 4.58. The van der Waals surface area contributed by atoms with Crippen molar-refractivity contribution in [2.24, 2.45) is 0 Å². The first-order chi connectivity index (χ1) is 12.7. The Morgan fingerprint density at radius 3 is 2.44 bits per heavy atom. The highest BCUT2D eigenvalue weighted by molar-refractivity contribution is 7.89. The number of nitrogens with one attached hydrogen (secondary N) is 1. The summed E-state index contributed by atoms with van der Waals surface area (Å²) in [6.45, 7) is 6.38. The molecule has 144 valence electrons. The highest BCUT2D eigenvalue weighted by Gasteiger charge is 2.17. The van der Waals surface area contributed by atoms with E-state index in [-0.39, 0.29) is 11.4 Å². The largest absolute Gasteiger partial charge is 0.497 e. The molecule has 1 aromatic carbocycles. The smallest absolute Gasteiger partial charge is 0.240 e. The lowest BCUT2D eigenvalue weighted by Crippen LogP contribution is -2.27. The SMILES string of the molecule is COc1ccc(S(=O)(=O)NCCn2c(C)nc3c(N)nc(C)c(C)c32)cc1. The molecule has 9 heteroatoms. The number of hydrogen-bond donors (Lipinski definition) is 2. The van der Waals surface area contributed by atoms with Crippen molar-refractivity contribution < 1.29 is 13.2 Å². The Bertz CT molecular complexity index is 1090. The van der Waals surface area contributed by atoms with Gasteiger partial charge in [0.2, 0.25) is 10.0 Å². The highest BCUT2D eigenvalue weighted by atomic mass is 32.2. The van der Waals surface area contributed by atoms with Crippen LogP contribution in [0.5, 0.6) is 5.75 Å². The minimum Gasteiger partial charge on any atom is -0.497 e. The van der Waals surface area contributed by atoms with E-state index in [2.05, 4.69) is 14.7 Å². The average molecular weight is 389 g/mol. The van der Waals surface area contributed by atoms with Gasteiger partial charge in [-0.05, 0) is 50.6 Å². The molecule has 0 bridgehead atoms. The van der Waals surface area contributed by atoms with Gasteiger partial charge < -0.3 is 15.0 Å². The molecule has 3 aromatic rings. The van der Waals surface area contributed by atoms with Crippen LogP contribution in [0, 0.1) is 20.8 Å². The predicted molar refractivity (Wildman–Crippen MR) is 104 cm³/mol. The minimum atomic E-state index is -3.61. The number of nitrogens with zero attached hydrogens (tertiary/aromatic N) is 3. The quantitative estimate of drug-likeness (QED) is 0.666. The van der Waals surface area contributed by atoms with Gasteiger partial charge >= 0.3 is 0 Å². The molecule has 0 saturated heterocycles. The van der Waals surface area contributed by atoms with Crippen molar-refractivity contribution in [2.75, 3.05) is 19.4 Å². The summed E-state index contributed by atoms with van der Waals surface area (Å²) in [4.78, 5) is 8.99. The molecular weight excluding hydrogens is 366 g/mol. The van der Waals surface area contributed by atoms with Gasteiger partial charge in [-0.25, -0.2) is 23.1 Å². The molecule has 0 spiro atoms. The Morgan fingerprint density at radius 2 is 1.81 bits per heavy atom. The van der Waals surface area contributed by atoms with Gasteiger partial charge in [-0.3, -0.25) is 0 Å². The van der Waals surface area contributed by atoms with E-state index in [0.29, 0.717) is 23.6 Å². The number of benzene rings is 1. The topological polar surface area (TPSA) is 112 Å². The second kappa shape index (κ2) is 7.16. The summed E-state index contributed by atoms with van der Waals surface area (Å²) < 4.78 is 34.6. The molecule has 0 amide bonds. The number of hydrogen-bond acceptors (Lipinski definition) is 6. The van der Waals surface area contributed by atoms with Crippen LogP contribution in [0.25, 0.3) is 11.0 Å². The summed E-state index contributed by atoms with van der Waals surface area (Å²) in [6.07, 6.45) is 0. The average Bonchev–Trinajstić information content (AvgIpc) is 2.97. The summed E-state index contributed by atoms with van der Waals surface area (Å²) in [5.74, 6) is 1.75. The van der Waals surface area contributed by atoms with Crippen molar-refractivity contribution in [2.45, 2.75) is 32.2 Å². The van der Waals surface area contributed by atoms with Gasteiger partial charge in [-0.15, -0.1) is 0 Å². The fraction of sp³-hybridized carbons (Fsp3) is 0.333. The Labute approximate surface area is 158 Å². The number of imidazole rings is 1. The number of aromatic nitrogens is 3. The van der Waals surface area contributed by atoms with Crippen LogP contribution in [0.3, 0.4) is 0 Å². The molecule has 0 fully saturated rings. The molecule has 0 aliphatic heterocycles. The van der Waals surface area contributed by atoms with Crippen LogP contribution in [0.15, 0.2) is 29.2 Å². The van der Waals surface area contributed by atoms with Gasteiger partial charge in [-0.1, -0.05) is 0 Å². The van der Waals surface area contributed by atoms with Crippen molar-refractivity contribution in [1.29, 1.82) is 0 Å². The van der Waals surface area contributed by atoms with E-state index in [9.17, 15) is 8.42 Å². The minimum absolute atomic E-state index is 0.191. The molecule has 2 aromatic heterocycles. The fourth-order valence-electron chi connectivity index (χ4n) is 3.02. The Hall–Kier alpha value is -2.65. The molecule has 0 aliphatic rings. The third-order valence-corrected chi connectivity index (χ3v) is 6.06. The monoisotopic (exact) mass is 389 g/mol. The predicted octanol–water partition coefficient (Wildman–Crippen LogP) is 1.93. The van der Waals surface area contributed by atoms with Gasteiger partial charge in [0.15, 0.2) is 5.82 Å². The van der Waals surface area contributed by atoms with Crippen molar-refractivity contribution in [1.82, 2.24) is 19.3 Å². The van der Waals surface area contributed by atoms with E-state index in [4.69, 9.17) is 10.5 Å². The second-order valence-corrected chi connectivity index (χ2v) is 8.06. The third kappa shape index (κ3) is 3.60. The van der Waals surface area contributed by atoms with Crippen LogP contribution in [0.4, 0.5) is 5.82 Å². The van der Waals surface area contributed by atoms with E-state index in [1.807, 2.05) is 25.3 Å². The number of ether oxygens (including phenoxy) is 1. The first-order valence-electron chi connectivity index (χ1n) is 8.48. The molecule has 3 N–H and O–H groups in total. The van der Waals surface area contributed by atoms with Crippen LogP contribution in [-0.4, -0.2) is 36.6 Å². The molecule has 8 nitrogen and oxygen atoms in total. The number of sulfonamides is 1. The number of nitrogen functional groups attached to an aromatic ring is 1. The molecule has 0 saturated carbocycles. The number of aryl methyl sites for hydroxylation is 3. The number of fused-ring (bicyclic) bond motifs is 1. The summed E-state index contributed by atoms with van der Waals surface area (Å²) in [7, 11) is -2.07. The normalized spacial score (nSPS) is 11.9. The summed E-state index contributed by atoms with van der Waals surface area (Å²) in [5, 5.41) is 0. The summed E-state index contributed by atoms with van der Waals surface area (Å²) in [5.41, 5.74) is 9.35. The molecule has 3 rings (SSSR count).